The Morgan fingerprint density at radius 2 is 1.83 bits per heavy atom. The zero-order valence-corrected chi connectivity index (χ0v) is 15.1. The quantitative estimate of drug-likeness (QED) is 0.808. The highest BCUT2D eigenvalue weighted by atomic mass is 16.7. The van der Waals surface area contributed by atoms with Gasteiger partial charge in [0.25, 0.3) is 0 Å². The largest absolute Gasteiger partial charge is 0.507 e. The van der Waals surface area contributed by atoms with Gasteiger partial charge in [-0.1, -0.05) is 26.0 Å². The summed E-state index contributed by atoms with van der Waals surface area (Å²) in [6.45, 7) is 9.30. The molecule has 0 aliphatic carbocycles. The average Bonchev–Trinajstić information content (AvgIpc) is 2.56. The first-order valence-electron chi connectivity index (χ1n) is 8.47. The molecule has 0 atom stereocenters. The third kappa shape index (κ3) is 4.95. The van der Waals surface area contributed by atoms with Crippen LogP contribution < -0.4 is 0 Å². The first-order valence-corrected chi connectivity index (χ1v) is 8.47. The lowest BCUT2D eigenvalue weighted by molar-refractivity contribution is -0.237. The van der Waals surface area contributed by atoms with Crippen molar-refractivity contribution >= 4 is 5.97 Å². The van der Waals surface area contributed by atoms with Crippen LogP contribution in [0.2, 0.25) is 0 Å². The molecule has 0 saturated carbocycles. The first kappa shape index (κ1) is 18.7. The van der Waals surface area contributed by atoms with Crippen molar-refractivity contribution in [1.82, 2.24) is 0 Å². The summed E-state index contributed by atoms with van der Waals surface area (Å²) in [5.74, 6) is 0.0813. The molecule has 1 saturated heterocycles. The summed E-state index contributed by atoms with van der Waals surface area (Å²) in [6, 6.07) is 3.81. The average molecular weight is 336 g/mol. The van der Waals surface area contributed by atoms with E-state index in [4.69, 9.17) is 14.2 Å². The maximum Gasteiger partial charge on any atom is 0.306 e. The number of phenols is 1. The van der Waals surface area contributed by atoms with Gasteiger partial charge < -0.3 is 19.3 Å². The maximum atomic E-state index is 12.0. The maximum absolute atomic E-state index is 12.0. The second kappa shape index (κ2) is 7.99. The normalized spacial score (nSPS) is 16.2. The van der Waals surface area contributed by atoms with Gasteiger partial charge in [0, 0.05) is 11.8 Å². The number of carbonyl (C=O) groups is 1. The van der Waals surface area contributed by atoms with Crippen molar-refractivity contribution in [3.63, 3.8) is 0 Å². The predicted molar refractivity (Wildman–Crippen MR) is 91.0 cm³/mol. The summed E-state index contributed by atoms with van der Waals surface area (Å²) in [7, 11) is 0. The monoisotopic (exact) mass is 336 g/mol. The van der Waals surface area contributed by atoms with Gasteiger partial charge in [0.15, 0.2) is 6.29 Å². The van der Waals surface area contributed by atoms with E-state index >= 15 is 0 Å². The van der Waals surface area contributed by atoms with E-state index in [0.29, 0.717) is 31.8 Å². The molecule has 1 aromatic rings. The van der Waals surface area contributed by atoms with Crippen molar-refractivity contribution < 1.29 is 24.1 Å². The molecule has 1 aromatic carbocycles. The number of esters is 1. The van der Waals surface area contributed by atoms with Crippen molar-refractivity contribution in [2.45, 2.75) is 53.2 Å². The van der Waals surface area contributed by atoms with E-state index < -0.39 is 0 Å². The van der Waals surface area contributed by atoms with E-state index in [1.165, 1.54) is 0 Å². The molecule has 1 heterocycles. The van der Waals surface area contributed by atoms with E-state index in [1.807, 2.05) is 39.8 Å². The predicted octanol–water partition coefficient (Wildman–Crippen LogP) is 3.27. The van der Waals surface area contributed by atoms with Gasteiger partial charge in [-0.05, 0) is 43.4 Å². The van der Waals surface area contributed by atoms with Crippen molar-refractivity contribution in [1.29, 1.82) is 0 Å². The third-order valence-corrected chi connectivity index (χ3v) is 4.24. The minimum atomic E-state index is -0.373. The van der Waals surface area contributed by atoms with Gasteiger partial charge in [-0.15, -0.1) is 0 Å². The molecule has 5 nitrogen and oxygen atoms in total. The second-order valence-corrected chi connectivity index (χ2v) is 7.15. The van der Waals surface area contributed by atoms with Gasteiger partial charge in [-0.2, -0.15) is 0 Å². The minimum absolute atomic E-state index is 0.234. The van der Waals surface area contributed by atoms with Crippen molar-refractivity contribution in [3.05, 3.63) is 28.8 Å². The standard InChI is InChI=1S/C19H28O5/c1-13-10-15(11-14(2)17(13)21)6-7-16(20)24-12-19(3,4)18-22-8-5-9-23-18/h10-11,18,21H,5-9,12H2,1-4H3. The fourth-order valence-corrected chi connectivity index (χ4v) is 2.78. The molecule has 0 amide bonds. The highest BCUT2D eigenvalue weighted by Crippen LogP contribution is 2.28. The van der Waals surface area contributed by atoms with Crippen molar-refractivity contribution in [2.75, 3.05) is 19.8 Å². The lowest BCUT2D eigenvalue weighted by atomic mass is 9.93. The number of hydrogen-bond acceptors (Lipinski definition) is 5. The topological polar surface area (TPSA) is 65.0 Å². The number of carbonyl (C=O) groups excluding carboxylic acids is 1. The molecule has 1 N–H and O–H groups in total. The smallest absolute Gasteiger partial charge is 0.306 e. The van der Waals surface area contributed by atoms with Crippen LogP contribution in [0.1, 0.15) is 43.4 Å². The van der Waals surface area contributed by atoms with Gasteiger partial charge in [0.1, 0.15) is 12.4 Å². The molecule has 0 aromatic heterocycles. The Hall–Kier alpha value is -1.59. The number of rotatable bonds is 6. The van der Waals surface area contributed by atoms with Crippen LogP contribution in [0.3, 0.4) is 0 Å². The number of ether oxygens (including phenoxy) is 3. The Morgan fingerprint density at radius 1 is 1.25 bits per heavy atom. The van der Waals surface area contributed by atoms with Crippen LogP contribution in [0.25, 0.3) is 0 Å². The van der Waals surface area contributed by atoms with E-state index in [9.17, 15) is 9.90 Å². The summed E-state index contributed by atoms with van der Waals surface area (Å²) in [5, 5.41) is 9.79. The van der Waals surface area contributed by atoms with E-state index in [0.717, 1.165) is 23.1 Å². The molecule has 0 unspecified atom stereocenters. The van der Waals surface area contributed by atoms with Crippen LogP contribution in [0, 0.1) is 19.3 Å². The molecule has 0 bridgehead atoms. The summed E-state index contributed by atoms with van der Waals surface area (Å²) in [4.78, 5) is 12.0. The molecular formula is C19H28O5. The minimum Gasteiger partial charge on any atom is -0.507 e. The molecule has 24 heavy (non-hydrogen) atoms. The lowest BCUT2D eigenvalue weighted by Crippen LogP contribution is -2.41. The Balaban J connectivity index is 1.81. The molecular weight excluding hydrogens is 308 g/mol. The SMILES string of the molecule is Cc1cc(CCC(=O)OCC(C)(C)C2OCCCO2)cc(C)c1O. The first-order chi connectivity index (χ1) is 11.3. The highest BCUT2D eigenvalue weighted by Gasteiger charge is 2.34. The molecule has 0 radical (unpaired) electrons. The number of benzene rings is 1. The van der Waals surface area contributed by atoms with Gasteiger partial charge in [-0.25, -0.2) is 0 Å². The Labute approximate surface area is 143 Å². The van der Waals surface area contributed by atoms with E-state index in [1.54, 1.807) is 0 Å². The molecule has 1 fully saturated rings. The third-order valence-electron chi connectivity index (χ3n) is 4.24. The summed E-state index contributed by atoms with van der Waals surface area (Å²) in [6.07, 6.45) is 1.48. The van der Waals surface area contributed by atoms with Crippen LogP contribution >= 0.6 is 0 Å². The fraction of sp³-hybridized carbons (Fsp3) is 0.632. The number of phenolic OH excluding ortho intramolecular Hbond substituents is 1. The van der Waals surface area contributed by atoms with E-state index in [2.05, 4.69) is 0 Å². The Bertz CT molecular complexity index is 550. The van der Waals surface area contributed by atoms with Crippen molar-refractivity contribution in [3.8, 4) is 5.75 Å². The molecule has 1 aliphatic rings. The zero-order valence-electron chi connectivity index (χ0n) is 15.1. The van der Waals surface area contributed by atoms with Crippen LogP contribution in [0.5, 0.6) is 5.75 Å². The summed E-state index contributed by atoms with van der Waals surface area (Å²) >= 11 is 0. The van der Waals surface area contributed by atoms with Crippen molar-refractivity contribution in [2.24, 2.45) is 5.41 Å². The van der Waals surface area contributed by atoms with Gasteiger partial charge in [0.2, 0.25) is 0 Å². The van der Waals surface area contributed by atoms with Crippen LogP contribution in [-0.2, 0) is 25.4 Å². The zero-order chi connectivity index (χ0) is 17.7. The van der Waals surface area contributed by atoms with Gasteiger partial charge in [0.05, 0.1) is 13.2 Å². The van der Waals surface area contributed by atoms with Crippen LogP contribution in [0.4, 0.5) is 0 Å². The van der Waals surface area contributed by atoms with Crippen LogP contribution in [0.15, 0.2) is 12.1 Å². The van der Waals surface area contributed by atoms with E-state index in [-0.39, 0.29) is 24.3 Å². The lowest BCUT2D eigenvalue weighted by Gasteiger charge is -2.35. The highest BCUT2D eigenvalue weighted by molar-refractivity contribution is 5.69. The van der Waals surface area contributed by atoms with Crippen LogP contribution in [-0.4, -0.2) is 37.2 Å². The Morgan fingerprint density at radius 3 is 2.42 bits per heavy atom. The summed E-state index contributed by atoms with van der Waals surface area (Å²) < 4.78 is 16.6. The van der Waals surface area contributed by atoms with Gasteiger partial charge in [-0.3, -0.25) is 4.79 Å². The molecule has 134 valence electrons. The molecule has 5 heteroatoms. The van der Waals surface area contributed by atoms with Gasteiger partial charge >= 0.3 is 5.97 Å². The summed E-state index contributed by atoms with van der Waals surface area (Å²) in [5.41, 5.74) is 2.30. The number of aryl methyl sites for hydroxylation is 3. The molecule has 2 rings (SSSR count). The number of hydrogen-bond donors (Lipinski definition) is 1. The number of aromatic hydroxyl groups is 1. The Kier molecular flexibility index (Phi) is 6.24. The molecule has 1 aliphatic heterocycles. The molecule has 0 spiro atoms. The fourth-order valence-electron chi connectivity index (χ4n) is 2.78. The second-order valence-electron chi connectivity index (χ2n) is 7.15.